The second-order valence-electron chi connectivity index (χ2n) is 4.57. The maximum Gasteiger partial charge on any atom is 0.203 e. The van der Waals surface area contributed by atoms with Gasteiger partial charge in [-0.15, -0.1) is 0 Å². The summed E-state index contributed by atoms with van der Waals surface area (Å²) in [4.78, 5) is 14.9. The van der Waals surface area contributed by atoms with Crippen LogP contribution < -0.4 is 5.32 Å². The smallest absolute Gasteiger partial charge is 0.203 e. The van der Waals surface area contributed by atoms with E-state index in [4.69, 9.17) is 0 Å². The molecule has 0 aliphatic carbocycles. The van der Waals surface area contributed by atoms with Crippen molar-refractivity contribution < 1.29 is 9.18 Å². The molecule has 0 atom stereocenters. The Morgan fingerprint density at radius 1 is 1.35 bits per heavy atom. The molecule has 0 fully saturated rings. The van der Waals surface area contributed by atoms with Crippen molar-refractivity contribution in [3.05, 3.63) is 59.2 Å². The van der Waals surface area contributed by atoms with Crippen LogP contribution in [0.4, 0.5) is 10.1 Å². The zero-order valence-corrected chi connectivity index (χ0v) is 12.7. The topological polar surface area (TPSA) is 44.9 Å². The number of benzene rings is 1. The highest BCUT2D eigenvalue weighted by molar-refractivity contribution is 14.1. The number of carbonyl (C=O) groups is 1. The number of hydrogen-bond acceptors (Lipinski definition) is 2. The van der Waals surface area contributed by atoms with Gasteiger partial charge in [0, 0.05) is 33.6 Å². The van der Waals surface area contributed by atoms with Crippen molar-refractivity contribution in [2.45, 2.75) is 6.42 Å². The summed E-state index contributed by atoms with van der Waals surface area (Å²) in [6.07, 6.45) is 3.95. The van der Waals surface area contributed by atoms with Crippen molar-refractivity contribution in [2.24, 2.45) is 0 Å². The fraction of sp³-hybridized carbons (Fsp3) is 0.133. The van der Waals surface area contributed by atoms with Crippen molar-refractivity contribution in [2.75, 3.05) is 11.9 Å². The van der Waals surface area contributed by atoms with Gasteiger partial charge >= 0.3 is 0 Å². The van der Waals surface area contributed by atoms with Crippen LogP contribution in [0.25, 0.3) is 3.58 Å². The molecule has 1 aliphatic rings. The van der Waals surface area contributed by atoms with E-state index >= 15 is 0 Å². The van der Waals surface area contributed by atoms with Crippen LogP contribution in [0.3, 0.4) is 0 Å². The lowest BCUT2D eigenvalue weighted by Gasteiger charge is -2.08. The summed E-state index contributed by atoms with van der Waals surface area (Å²) in [7, 11) is 0. The van der Waals surface area contributed by atoms with E-state index in [9.17, 15) is 9.18 Å². The molecule has 2 heterocycles. The number of aromatic nitrogens is 1. The lowest BCUT2D eigenvalue weighted by Crippen LogP contribution is -1.98. The number of hydrogen-bond donors (Lipinski definition) is 2. The highest BCUT2D eigenvalue weighted by Gasteiger charge is 2.20. The molecule has 1 aromatic heterocycles. The van der Waals surface area contributed by atoms with Gasteiger partial charge in [-0.1, -0.05) is 0 Å². The highest BCUT2D eigenvalue weighted by atomic mass is 127. The van der Waals surface area contributed by atoms with Crippen LogP contribution in [0.2, 0.25) is 0 Å². The van der Waals surface area contributed by atoms with Crippen molar-refractivity contribution in [1.82, 2.24) is 4.98 Å². The van der Waals surface area contributed by atoms with Gasteiger partial charge in [0.15, 0.2) is 0 Å². The standard InChI is InChI=1S/C15H12FIN2O/c16-10-3-4-12-9(5-7-19-12)15(10)11(17)8-14(20)13-2-1-6-18-13/h1-4,6,8,18-19H,5,7H2/b11-8-. The first-order chi connectivity index (χ1) is 9.66. The van der Waals surface area contributed by atoms with E-state index in [0.29, 0.717) is 14.8 Å². The number of halogens is 2. The van der Waals surface area contributed by atoms with Crippen LogP contribution in [0.1, 0.15) is 21.6 Å². The number of anilines is 1. The summed E-state index contributed by atoms with van der Waals surface area (Å²) in [6, 6.07) is 6.66. The molecule has 1 aromatic carbocycles. The van der Waals surface area contributed by atoms with Crippen LogP contribution in [0, 0.1) is 5.82 Å². The molecule has 0 radical (unpaired) electrons. The molecule has 20 heavy (non-hydrogen) atoms. The Balaban J connectivity index is 2.01. The molecule has 0 spiro atoms. The summed E-state index contributed by atoms with van der Waals surface area (Å²) >= 11 is 2.03. The molecule has 3 nitrogen and oxygen atoms in total. The number of carbonyl (C=O) groups excluding carboxylic acids is 1. The number of nitrogens with one attached hydrogen (secondary N) is 2. The molecule has 2 N–H and O–H groups in total. The monoisotopic (exact) mass is 382 g/mol. The zero-order valence-electron chi connectivity index (χ0n) is 10.5. The summed E-state index contributed by atoms with van der Waals surface area (Å²) in [6.45, 7) is 0.806. The number of aromatic amines is 1. The van der Waals surface area contributed by atoms with Crippen LogP contribution in [-0.2, 0) is 6.42 Å². The van der Waals surface area contributed by atoms with Crippen molar-refractivity contribution in [1.29, 1.82) is 0 Å². The van der Waals surface area contributed by atoms with Gasteiger partial charge in [0.05, 0.1) is 5.69 Å². The molecule has 1 aliphatic heterocycles. The van der Waals surface area contributed by atoms with Gasteiger partial charge in [0.25, 0.3) is 0 Å². The maximum absolute atomic E-state index is 14.1. The zero-order chi connectivity index (χ0) is 14.1. The fourth-order valence-electron chi connectivity index (χ4n) is 2.37. The van der Waals surface area contributed by atoms with E-state index in [-0.39, 0.29) is 11.6 Å². The van der Waals surface area contributed by atoms with Crippen LogP contribution in [0.15, 0.2) is 36.5 Å². The van der Waals surface area contributed by atoms with Crippen molar-refractivity contribution in [3.63, 3.8) is 0 Å². The van der Waals surface area contributed by atoms with E-state index in [1.165, 1.54) is 12.1 Å². The van der Waals surface area contributed by atoms with Crippen molar-refractivity contribution >= 4 is 37.6 Å². The van der Waals surface area contributed by atoms with Gasteiger partial charge in [-0.2, -0.15) is 0 Å². The fourth-order valence-corrected chi connectivity index (χ4v) is 3.24. The molecular weight excluding hydrogens is 370 g/mol. The minimum absolute atomic E-state index is 0.151. The van der Waals surface area contributed by atoms with E-state index < -0.39 is 0 Å². The average Bonchev–Trinajstić information content (AvgIpc) is 3.09. The Morgan fingerprint density at radius 2 is 2.20 bits per heavy atom. The minimum atomic E-state index is -0.285. The Labute approximate surface area is 129 Å². The number of ketones is 1. The summed E-state index contributed by atoms with van der Waals surface area (Å²) < 4.78 is 14.7. The third-order valence-corrected chi connectivity index (χ3v) is 4.16. The number of fused-ring (bicyclic) bond motifs is 1. The molecule has 3 rings (SSSR count). The molecule has 0 saturated carbocycles. The van der Waals surface area contributed by atoms with Crippen LogP contribution in [-0.4, -0.2) is 17.3 Å². The van der Waals surface area contributed by atoms with Crippen LogP contribution in [0.5, 0.6) is 0 Å². The summed E-state index contributed by atoms with van der Waals surface area (Å²) in [5.41, 5.74) is 2.94. The van der Waals surface area contributed by atoms with Gasteiger partial charge in [-0.3, -0.25) is 4.79 Å². The average molecular weight is 382 g/mol. The lowest BCUT2D eigenvalue weighted by molar-refractivity contribution is 0.104. The van der Waals surface area contributed by atoms with Gasteiger partial charge in [-0.25, -0.2) is 4.39 Å². The minimum Gasteiger partial charge on any atom is -0.384 e. The largest absolute Gasteiger partial charge is 0.384 e. The third kappa shape index (κ3) is 2.37. The van der Waals surface area contributed by atoms with Crippen LogP contribution >= 0.6 is 22.6 Å². The number of H-pyrrole nitrogens is 1. The van der Waals surface area contributed by atoms with E-state index in [0.717, 1.165) is 24.2 Å². The van der Waals surface area contributed by atoms with Gasteiger partial charge in [0.1, 0.15) is 5.82 Å². The first-order valence-corrected chi connectivity index (χ1v) is 7.35. The van der Waals surface area contributed by atoms with Gasteiger partial charge in [-0.05, 0) is 58.8 Å². The number of rotatable bonds is 3. The predicted molar refractivity (Wildman–Crippen MR) is 85.7 cm³/mol. The van der Waals surface area contributed by atoms with Gasteiger partial charge in [0.2, 0.25) is 5.78 Å². The van der Waals surface area contributed by atoms with E-state index in [1.807, 2.05) is 22.6 Å². The molecule has 0 amide bonds. The Kier molecular flexibility index (Phi) is 3.60. The molecule has 2 aromatic rings. The summed E-state index contributed by atoms with van der Waals surface area (Å²) in [5, 5.41) is 3.22. The Bertz CT molecular complexity index is 692. The normalized spacial score (nSPS) is 14.0. The Hall–Kier alpha value is -1.63. The van der Waals surface area contributed by atoms with Gasteiger partial charge < -0.3 is 10.3 Å². The molecule has 5 heteroatoms. The molecule has 0 unspecified atom stereocenters. The quantitative estimate of drug-likeness (QED) is 0.482. The van der Waals surface area contributed by atoms with E-state index in [1.54, 1.807) is 24.4 Å². The lowest BCUT2D eigenvalue weighted by atomic mass is 10.0. The van der Waals surface area contributed by atoms with Crippen molar-refractivity contribution in [3.8, 4) is 0 Å². The molecular formula is C15H12FIN2O. The predicted octanol–water partition coefficient (Wildman–Crippen LogP) is 3.78. The van der Waals surface area contributed by atoms with E-state index in [2.05, 4.69) is 10.3 Å². The maximum atomic E-state index is 14.1. The molecule has 102 valence electrons. The summed E-state index contributed by atoms with van der Waals surface area (Å²) in [5.74, 6) is -0.435. The SMILES string of the molecule is O=C(/C=C(\I)c1c(F)ccc2c1CCN2)c1ccc[nH]1. The highest BCUT2D eigenvalue weighted by Crippen LogP contribution is 2.35. The second kappa shape index (κ2) is 5.40. The number of allylic oxidation sites excluding steroid dienone is 1. The first kappa shape index (κ1) is 13.4. The third-order valence-electron chi connectivity index (χ3n) is 3.31. The molecule has 0 saturated heterocycles. The molecule has 0 bridgehead atoms. The first-order valence-electron chi connectivity index (χ1n) is 6.27. The Morgan fingerprint density at radius 3 is 2.95 bits per heavy atom. The second-order valence-corrected chi connectivity index (χ2v) is 5.73.